The number of aryl methyl sites for hydroxylation is 1. The molecule has 2 heterocycles. The standard InChI is InChI=1S/C19H24ClN3O4S/c1-4-27-19(24)17-13(2)18(14(3)21-17)28(25,26)23-11-9-22(10-12-23)16-7-5-15(20)6-8-16/h5-8,21H,4,9-12H2,1-3H3. The fraction of sp³-hybridized carbons (Fsp3) is 0.421. The van der Waals surface area contributed by atoms with E-state index in [2.05, 4.69) is 9.88 Å². The number of aromatic nitrogens is 1. The number of sulfonamides is 1. The molecular weight excluding hydrogens is 402 g/mol. The summed E-state index contributed by atoms with van der Waals surface area (Å²) in [7, 11) is -3.72. The molecule has 3 rings (SSSR count). The second-order valence-corrected chi connectivity index (χ2v) is 8.98. The van der Waals surface area contributed by atoms with E-state index in [1.807, 2.05) is 24.3 Å². The highest BCUT2D eigenvalue weighted by atomic mass is 35.5. The molecular formula is C19H24ClN3O4S. The minimum absolute atomic E-state index is 0.162. The van der Waals surface area contributed by atoms with Gasteiger partial charge in [-0.1, -0.05) is 11.6 Å². The molecule has 0 bridgehead atoms. The molecule has 0 atom stereocenters. The zero-order valence-corrected chi connectivity index (χ0v) is 17.7. The number of hydrogen-bond donors (Lipinski definition) is 1. The van der Waals surface area contributed by atoms with Crippen LogP contribution in [0.25, 0.3) is 0 Å². The summed E-state index contributed by atoms with van der Waals surface area (Å²) in [6.45, 7) is 7.11. The second kappa shape index (κ2) is 8.14. The summed E-state index contributed by atoms with van der Waals surface area (Å²) in [5, 5.41) is 0.667. The van der Waals surface area contributed by atoms with Gasteiger partial charge < -0.3 is 14.6 Å². The Balaban J connectivity index is 1.79. The van der Waals surface area contributed by atoms with Gasteiger partial charge in [-0.2, -0.15) is 4.31 Å². The Kier molecular flexibility index (Phi) is 6.02. The summed E-state index contributed by atoms with van der Waals surface area (Å²) in [6, 6.07) is 7.50. The highest BCUT2D eigenvalue weighted by Crippen LogP contribution is 2.28. The van der Waals surface area contributed by atoms with Crippen molar-refractivity contribution in [3.05, 3.63) is 46.2 Å². The van der Waals surface area contributed by atoms with E-state index < -0.39 is 16.0 Å². The van der Waals surface area contributed by atoms with Gasteiger partial charge in [0.2, 0.25) is 10.0 Å². The summed E-state index contributed by atoms with van der Waals surface area (Å²) in [4.78, 5) is 17.3. The van der Waals surface area contributed by atoms with E-state index in [4.69, 9.17) is 16.3 Å². The van der Waals surface area contributed by atoms with E-state index >= 15 is 0 Å². The smallest absolute Gasteiger partial charge is 0.355 e. The van der Waals surface area contributed by atoms with Gasteiger partial charge in [0.1, 0.15) is 10.6 Å². The molecule has 2 aromatic rings. The summed E-state index contributed by atoms with van der Waals surface area (Å²) in [5.74, 6) is -0.544. The van der Waals surface area contributed by atoms with E-state index in [9.17, 15) is 13.2 Å². The molecule has 0 radical (unpaired) electrons. The first-order chi connectivity index (χ1) is 13.3. The molecule has 1 aliphatic heterocycles. The molecule has 0 aliphatic carbocycles. The van der Waals surface area contributed by atoms with E-state index in [1.165, 1.54) is 4.31 Å². The number of piperazine rings is 1. The third-order valence-electron chi connectivity index (χ3n) is 4.88. The van der Waals surface area contributed by atoms with Gasteiger partial charge in [0.25, 0.3) is 0 Å². The number of carbonyl (C=O) groups is 1. The third-order valence-corrected chi connectivity index (χ3v) is 7.30. The van der Waals surface area contributed by atoms with Crippen molar-refractivity contribution in [1.82, 2.24) is 9.29 Å². The van der Waals surface area contributed by atoms with E-state index in [0.717, 1.165) is 5.69 Å². The average molecular weight is 426 g/mol. The van der Waals surface area contributed by atoms with Crippen LogP contribution in [0.1, 0.15) is 28.7 Å². The minimum atomic E-state index is -3.72. The number of nitrogens with zero attached hydrogens (tertiary/aromatic N) is 2. The van der Waals surface area contributed by atoms with Crippen molar-refractivity contribution in [2.24, 2.45) is 0 Å². The lowest BCUT2D eigenvalue weighted by molar-refractivity contribution is 0.0519. The van der Waals surface area contributed by atoms with Crippen LogP contribution in [-0.4, -0.2) is 56.5 Å². The molecule has 1 aliphatic rings. The SMILES string of the molecule is CCOC(=O)c1[nH]c(C)c(S(=O)(=O)N2CCN(c3ccc(Cl)cc3)CC2)c1C. The van der Waals surface area contributed by atoms with Crippen molar-refractivity contribution >= 4 is 33.3 Å². The molecule has 1 N–H and O–H groups in total. The van der Waals surface area contributed by atoms with Crippen LogP contribution >= 0.6 is 11.6 Å². The van der Waals surface area contributed by atoms with E-state index in [0.29, 0.717) is 42.5 Å². The normalized spacial score (nSPS) is 15.6. The molecule has 1 fully saturated rings. The van der Waals surface area contributed by atoms with Crippen LogP contribution in [-0.2, 0) is 14.8 Å². The topological polar surface area (TPSA) is 82.7 Å². The van der Waals surface area contributed by atoms with Crippen LogP contribution in [0.15, 0.2) is 29.2 Å². The maximum atomic E-state index is 13.2. The molecule has 7 nitrogen and oxygen atoms in total. The number of aromatic amines is 1. The lowest BCUT2D eigenvalue weighted by Gasteiger charge is -2.35. The molecule has 28 heavy (non-hydrogen) atoms. The van der Waals surface area contributed by atoms with Crippen LogP contribution in [0.5, 0.6) is 0 Å². The predicted molar refractivity (Wildman–Crippen MR) is 109 cm³/mol. The summed E-state index contributed by atoms with van der Waals surface area (Å²) >= 11 is 5.93. The van der Waals surface area contributed by atoms with Gasteiger partial charge in [-0.05, 0) is 45.0 Å². The number of hydrogen-bond acceptors (Lipinski definition) is 5. The van der Waals surface area contributed by atoms with Gasteiger partial charge in [0, 0.05) is 48.1 Å². The molecule has 0 saturated carbocycles. The van der Waals surface area contributed by atoms with Crippen LogP contribution in [0.2, 0.25) is 5.02 Å². The molecule has 0 unspecified atom stereocenters. The number of benzene rings is 1. The molecule has 152 valence electrons. The van der Waals surface area contributed by atoms with Crippen molar-refractivity contribution in [2.75, 3.05) is 37.7 Å². The molecule has 1 saturated heterocycles. The summed E-state index contributed by atoms with van der Waals surface area (Å²) in [6.07, 6.45) is 0. The number of rotatable bonds is 5. The first-order valence-electron chi connectivity index (χ1n) is 9.12. The maximum absolute atomic E-state index is 13.2. The predicted octanol–water partition coefficient (Wildman–Crippen LogP) is 2.97. The lowest BCUT2D eigenvalue weighted by atomic mass is 10.2. The van der Waals surface area contributed by atoms with Crippen LogP contribution in [0, 0.1) is 13.8 Å². The van der Waals surface area contributed by atoms with Gasteiger partial charge in [0.05, 0.1) is 6.61 Å². The fourth-order valence-electron chi connectivity index (χ4n) is 3.49. The summed E-state index contributed by atoms with van der Waals surface area (Å²) < 4.78 is 32.9. The minimum Gasteiger partial charge on any atom is -0.461 e. The van der Waals surface area contributed by atoms with Crippen LogP contribution in [0.4, 0.5) is 5.69 Å². The van der Waals surface area contributed by atoms with Crippen LogP contribution in [0.3, 0.4) is 0 Å². The second-order valence-electron chi connectivity index (χ2n) is 6.67. The Bertz CT molecular complexity index is 962. The largest absolute Gasteiger partial charge is 0.461 e. The van der Waals surface area contributed by atoms with Crippen LogP contribution < -0.4 is 4.90 Å². The monoisotopic (exact) mass is 425 g/mol. The Hall–Kier alpha value is -2.03. The van der Waals surface area contributed by atoms with Gasteiger partial charge in [-0.15, -0.1) is 0 Å². The van der Waals surface area contributed by atoms with E-state index in [-0.39, 0.29) is 17.2 Å². The lowest BCUT2D eigenvalue weighted by Crippen LogP contribution is -2.48. The van der Waals surface area contributed by atoms with E-state index in [1.54, 1.807) is 20.8 Å². The molecule has 1 aromatic heterocycles. The highest BCUT2D eigenvalue weighted by molar-refractivity contribution is 7.89. The third kappa shape index (κ3) is 3.90. The average Bonchev–Trinajstić information content (AvgIpc) is 2.97. The highest BCUT2D eigenvalue weighted by Gasteiger charge is 2.34. The number of H-pyrrole nitrogens is 1. The molecule has 0 amide bonds. The first kappa shape index (κ1) is 20.7. The van der Waals surface area contributed by atoms with Crippen molar-refractivity contribution in [3.63, 3.8) is 0 Å². The molecule has 1 aromatic carbocycles. The number of ether oxygens (including phenoxy) is 1. The summed E-state index contributed by atoms with van der Waals surface area (Å²) in [5.41, 5.74) is 2.05. The Morgan fingerprint density at radius 3 is 2.32 bits per heavy atom. The van der Waals surface area contributed by atoms with Crippen molar-refractivity contribution < 1.29 is 17.9 Å². The van der Waals surface area contributed by atoms with Gasteiger partial charge in [-0.25, -0.2) is 13.2 Å². The number of nitrogens with one attached hydrogen (secondary N) is 1. The maximum Gasteiger partial charge on any atom is 0.355 e. The Labute approximate surface area is 170 Å². The number of anilines is 1. The van der Waals surface area contributed by atoms with Gasteiger partial charge in [-0.3, -0.25) is 0 Å². The van der Waals surface area contributed by atoms with Crippen molar-refractivity contribution in [3.8, 4) is 0 Å². The first-order valence-corrected chi connectivity index (χ1v) is 10.9. The number of halogens is 1. The van der Waals surface area contributed by atoms with Crippen molar-refractivity contribution in [1.29, 1.82) is 0 Å². The Morgan fingerprint density at radius 2 is 1.75 bits per heavy atom. The Morgan fingerprint density at radius 1 is 1.14 bits per heavy atom. The number of carbonyl (C=O) groups excluding carboxylic acids is 1. The zero-order valence-electron chi connectivity index (χ0n) is 16.2. The van der Waals surface area contributed by atoms with Crippen molar-refractivity contribution in [2.45, 2.75) is 25.7 Å². The quantitative estimate of drug-likeness (QED) is 0.744. The zero-order chi connectivity index (χ0) is 20.5. The van der Waals surface area contributed by atoms with Gasteiger partial charge in [0.15, 0.2) is 0 Å². The number of esters is 1. The van der Waals surface area contributed by atoms with Gasteiger partial charge >= 0.3 is 5.97 Å². The molecule has 0 spiro atoms. The fourth-order valence-corrected chi connectivity index (χ4v) is 5.45. The molecule has 9 heteroatoms.